The van der Waals surface area contributed by atoms with Crippen LogP contribution in [0.2, 0.25) is 0 Å². The van der Waals surface area contributed by atoms with Crippen molar-refractivity contribution in [3.63, 3.8) is 0 Å². The Bertz CT molecular complexity index is 657. The van der Waals surface area contributed by atoms with Crippen LogP contribution in [0.4, 0.5) is 4.39 Å². The van der Waals surface area contributed by atoms with Crippen molar-refractivity contribution in [1.29, 1.82) is 0 Å². The van der Waals surface area contributed by atoms with Gasteiger partial charge < -0.3 is 0 Å². The van der Waals surface area contributed by atoms with Crippen molar-refractivity contribution < 1.29 is 4.39 Å². The quantitative estimate of drug-likeness (QED) is 0.859. The van der Waals surface area contributed by atoms with Crippen molar-refractivity contribution in [3.8, 4) is 0 Å². The van der Waals surface area contributed by atoms with Gasteiger partial charge in [-0.15, -0.1) is 0 Å². The Hall–Kier alpha value is -1.81. The predicted molar refractivity (Wildman–Crippen MR) is 102 cm³/mol. The minimum Gasteiger partial charge on any atom is -0.299 e. The van der Waals surface area contributed by atoms with Gasteiger partial charge in [-0.25, -0.2) is 4.39 Å². The Morgan fingerprint density at radius 2 is 1.92 bits per heavy atom. The molecule has 0 aliphatic carbocycles. The molecule has 1 saturated heterocycles. The van der Waals surface area contributed by atoms with E-state index >= 15 is 0 Å². The largest absolute Gasteiger partial charge is 0.299 e. The van der Waals surface area contributed by atoms with Gasteiger partial charge in [0.05, 0.1) is 5.70 Å². The number of likely N-dealkylation sites (tertiary alicyclic amines) is 1. The highest BCUT2D eigenvalue weighted by Gasteiger charge is 2.17. The van der Waals surface area contributed by atoms with Crippen LogP contribution in [0.3, 0.4) is 0 Å². The summed E-state index contributed by atoms with van der Waals surface area (Å²) in [5.74, 6) is 0.414. The highest BCUT2D eigenvalue weighted by molar-refractivity contribution is 5.68. The van der Waals surface area contributed by atoms with E-state index in [0.717, 1.165) is 24.4 Å². The van der Waals surface area contributed by atoms with Crippen molar-refractivity contribution in [3.05, 3.63) is 53.0 Å². The van der Waals surface area contributed by atoms with Crippen molar-refractivity contribution in [2.75, 3.05) is 26.2 Å². The molecule has 0 amide bonds. The molecule has 0 saturated carbocycles. The molecule has 1 aromatic rings. The summed E-state index contributed by atoms with van der Waals surface area (Å²) in [6.07, 6.45) is 8.41. The predicted octanol–water partition coefficient (Wildman–Crippen LogP) is 4.32. The van der Waals surface area contributed by atoms with Gasteiger partial charge in [-0.2, -0.15) is 0 Å². The van der Waals surface area contributed by atoms with E-state index in [1.54, 1.807) is 6.07 Å². The number of hydrogen-bond donors (Lipinski definition) is 1. The first-order valence-corrected chi connectivity index (χ1v) is 9.46. The van der Waals surface area contributed by atoms with Gasteiger partial charge in [-0.05, 0) is 79.7 Å². The van der Waals surface area contributed by atoms with Crippen molar-refractivity contribution >= 4 is 5.70 Å². The summed E-state index contributed by atoms with van der Waals surface area (Å²) in [7, 11) is 0. The van der Waals surface area contributed by atoms with Crippen LogP contribution >= 0.6 is 0 Å². The molecule has 136 valence electrons. The third-order valence-corrected chi connectivity index (χ3v) is 4.80. The van der Waals surface area contributed by atoms with Gasteiger partial charge in [0.1, 0.15) is 5.82 Å². The topological polar surface area (TPSA) is 18.5 Å². The fourth-order valence-electron chi connectivity index (χ4n) is 3.56. The molecule has 0 atom stereocenters. The van der Waals surface area contributed by atoms with Crippen LogP contribution in [0.1, 0.15) is 44.2 Å². The maximum atomic E-state index is 13.6. The molecular weight excluding hydrogens is 313 g/mol. The average Bonchev–Trinajstić information content (AvgIpc) is 2.57. The van der Waals surface area contributed by atoms with Crippen LogP contribution < -0.4 is 5.43 Å². The van der Waals surface area contributed by atoms with E-state index in [9.17, 15) is 4.39 Å². The molecule has 4 heteroatoms. The lowest BCUT2D eigenvalue weighted by atomic mass is 10.0. The van der Waals surface area contributed by atoms with Gasteiger partial charge in [-0.3, -0.25) is 15.3 Å². The van der Waals surface area contributed by atoms with Crippen LogP contribution in [-0.4, -0.2) is 36.1 Å². The first-order chi connectivity index (χ1) is 12.0. The van der Waals surface area contributed by atoms with Crippen LogP contribution in [0.25, 0.3) is 5.70 Å². The van der Waals surface area contributed by atoms with Gasteiger partial charge in [-0.1, -0.05) is 20.3 Å². The number of benzene rings is 1. The number of hydrazine groups is 1. The molecule has 25 heavy (non-hydrogen) atoms. The van der Waals surface area contributed by atoms with Crippen LogP contribution in [0, 0.1) is 18.7 Å². The number of hydrogen-bond acceptors (Lipinski definition) is 3. The number of aryl methyl sites for hydroxylation is 1. The van der Waals surface area contributed by atoms with Crippen LogP contribution in [-0.2, 0) is 0 Å². The van der Waals surface area contributed by atoms with E-state index in [1.165, 1.54) is 37.9 Å². The lowest BCUT2D eigenvalue weighted by Crippen LogP contribution is -2.39. The highest BCUT2D eigenvalue weighted by Crippen LogP contribution is 2.23. The van der Waals surface area contributed by atoms with Crippen LogP contribution in [0.5, 0.6) is 0 Å². The van der Waals surface area contributed by atoms with E-state index < -0.39 is 0 Å². The molecule has 2 aliphatic heterocycles. The summed E-state index contributed by atoms with van der Waals surface area (Å²) in [6.45, 7) is 10.6. The summed E-state index contributed by atoms with van der Waals surface area (Å²) in [5.41, 5.74) is 7.59. The molecule has 3 rings (SSSR count). The molecule has 1 N–H and O–H groups in total. The second kappa shape index (κ2) is 8.05. The summed E-state index contributed by atoms with van der Waals surface area (Å²) in [5, 5.41) is 2.18. The fraction of sp³-hybridized carbons (Fsp3) is 0.524. The monoisotopic (exact) mass is 343 g/mol. The summed E-state index contributed by atoms with van der Waals surface area (Å²) < 4.78 is 13.6. The fourth-order valence-corrected chi connectivity index (χ4v) is 3.56. The van der Waals surface area contributed by atoms with Gasteiger partial charge in [0.25, 0.3) is 0 Å². The zero-order valence-electron chi connectivity index (χ0n) is 15.7. The Balaban J connectivity index is 1.82. The van der Waals surface area contributed by atoms with Crippen molar-refractivity contribution in [2.24, 2.45) is 5.92 Å². The third-order valence-electron chi connectivity index (χ3n) is 4.80. The molecule has 0 aromatic heterocycles. The lowest BCUT2D eigenvalue weighted by Gasteiger charge is -2.33. The van der Waals surface area contributed by atoms with E-state index in [4.69, 9.17) is 0 Å². The Labute approximate surface area is 151 Å². The molecule has 3 nitrogen and oxygen atoms in total. The lowest BCUT2D eigenvalue weighted by molar-refractivity contribution is 0.240. The van der Waals surface area contributed by atoms with E-state index in [0.29, 0.717) is 11.5 Å². The average molecular weight is 343 g/mol. The van der Waals surface area contributed by atoms with Gasteiger partial charge >= 0.3 is 0 Å². The first-order valence-electron chi connectivity index (χ1n) is 9.46. The number of nitrogens with one attached hydrogen (secondary N) is 1. The minimum atomic E-state index is -0.150. The van der Waals surface area contributed by atoms with Gasteiger partial charge in [0, 0.05) is 19.3 Å². The van der Waals surface area contributed by atoms with E-state index in [-0.39, 0.29) is 5.82 Å². The van der Waals surface area contributed by atoms with Crippen molar-refractivity contribution in [1.82, 2.24) is 15.3 Å². The molecule has 1 fully saturated rings. The molecule has 0 unspecified atom stereocenters. The van der Waals surface area contributed by atoms with E-state index in [2.05, 4.69) is 41.5 Å². The second-order valence-electron chi connectivity index (χ2n) is 7.72. The number of rotatable bonds is 5. The van der Waals surface area contributed by atoms with Gasteiger partial charge in [0.2, 0.25) is 0 Å². The van der Waals surface area contributed by atoms with Gasteiger partial charge in [0.15, 0.2) is 0 Å². The van der Waals surface area contributed by atoms with Crippen molar-refractivity contribution in [2.45, 2.75) is 40.0 Å². The normalized spacial score (nSPS) is 18.8. The molecule has 0 bridgehead atoms. The third kappa shape index (κ3) is 4.85. The number of piperidine rings is 1. The Morgan fingerprint density at radius 3 is 2.60 bits per heavy atom. The Kier molecular flexibility index (Phi) is 5.79. The molecule has 1 aromatic carbocycles. The smallest absolute Gasteiger partial charge is 0.126 e. The number of halogens is 1. The molecule has 0 radical (unpaired) electrons. The molecule has 2 heterocycles. The first kappa shape index (κ1) is 18.0. The molecular formula is C21H30FN3. The van der Waals surface area contributed by atoms with Crippen LogP contribution in [0.15, 0.2) is 36.0 Å². The number of nitrogens with zero attached hydrogens (tertiary/aromatic N) is 2. The molecule has 0 spiro atoms. The second-order valence-corrected chi connectivity index (χ2v) is 7.72. The maximum Gasteiger partial charge on any atom is 0.126 e. The summed E-state index contributed by atoms with van der Waals surface area (Å²) in [4.78, 5) is 2.54. The Morgan fingerprint density at radius 1 is 1.16 bits per heavy atom. The maximum absolute atomic E-state index is 13.6. The highest BCUT2D eigenvalue weighted by atomic mass is 19.1. The summed E-state index contributed by atoms with van der Waals surface area (Å²) in [6, 6.07) is 5.34. The summed E-state index contributed by atoms with van der Waals surface area (Å²) >= 11 is 0. The zero-order chi connectivity index (χ0) is 17.8. The standard InChI is InChI=1S/C21H30FN3/c1-16(2)13-25-15-18(14-24-9-5-4-6-10-24)12-21(23-25)19-7-8-20(22)17(3)11-19/h7-8,11-12,15-16,23H,4-6,9-10,13-14H2,1-3H3. The molecule has 2 aliphatic rings. The minimum absolute atomic E-state index is 0.150. The van der Waals surface area contributed by atoms with E-state index in [1.807, 2.05) is 19.1 Å². The zero-order valence-corrected chi connectivity index (χ0v) is 15.7. The SMILES string of the molecule is Cc1cc(C2=CC(CN3CCCCC3)=CN(CC(C)C)N2)ccc1F.